The summed E-state index contributed by atoms with van der Waals surface area (Å²) in [6, 6.07) is 0. The normalized spacial score (nSPS) is 45.0. The molecule has 1 fully saturated rings. The van der Waals surface area contributed by atoms with Crippen LogP contribution in [0.5, 0.6) is 0 Å². The summed E-state index contributed by atoms with van der Waals surface area (Å²) in [4.78, 5) is 0. The Morgan fingerprint density at radius 2 is 1.78 bits per heavy atom. The van der Waals surface area contributed by atoms with Crippen molar-refractivity contribution in [3.8, 4) is 0 Å². The lowest BCUT2D eigenvalue weighted by Crippen LogP contribution is -2.23. The van der Waals surface area contributed by atoms with E-state index in [4.69, 9.17) is 0 Å². The SMILES string of the molecule is C[C@H]1CC[C@@H](I)[C@@H](I)C1. The van der Waals surface area contributed by atoms with E-state index in [1.54, 1.807) is 0 Å². The maximum absolute atomic E-state index is 2.59. The molecule has 1 aliphatic carbocycles. The molecule has 0 spiro atoms. The van der Waals surface area contributed by atoms with Crippen LogP contribution in [-0.2, 0) is 0 Å². The summed E-state index contributed by atoms with van der Waals surface area (Å²) in [5.74, 6) is 0.984. The van der Waals surface area contributed by atoms with Gasteiger partial charge in [-0.25, -0.2) is 0 Å². The Hall–Kier alpha value is 1.46. The van der Waals surface area contributed by atoms with Crippen molar-refractivity contribution in [1.82, 2.24) is 0 Å². The molecular formula is C7H12I2. The highest BCUT2D eigenvalue weighted by atomic mass is 127. The van der Waals surface area contributed by atoms with Crippen molar-refractivity contribution in [2.45, 2.75) is 34.0 Å². The Morgan fingerprint density at radius 1 is 1.11 bits per heavy atom. The van der Waals surface area contributed by atoms with Gasteiger partial charge in [-0.1, -0.05) is 52.1 Å². The fourth-order valence-corrected chi connectivity index (χ4v) is 3.16. The lowest BCUT2D eigenvalue weighted by molar-refractivity contribution is 0.417. The first-order valence-corrected chi connectivity index (χ1v) is 5.97. The zero-order valence-corrected chi connectivity index (χ0v) is 9.92. The molecule has 0 aromatic rings. The van der Waals surface area contributed by atoms with E-state index in [0.717, 1.165) is 13.8 Å². The van der Waals surface area contributed by atoms with Gasteiger partial charge in [0.25, 0.3) is 0 Å². The van der Waals surface area contributed by atoms with E-state index in [9.17, 15) is 0 Å². The summed E-state index contributed by atoms with van der Waals surface area (Å²) in [5.41, 5.74) is 0. The molecule has 0 aromatic heterocycles. The lowest BCUT2D eigenvalue weighted by Gasteiger charge is -2.27. The first kappa shape index (κ1) is 8.56. The van der Waals surface area contributed by atoms with Crippen molar-refractivity contribution < 1.29 is 0 Å². The Bertz CT molecular complexity index is 92.9. The van der Waals surface area contributed by atoms with Crippen LogP contribution in [0.15, 0.2) is 0 Å². The van der Waals surface area contributed by atoms with Crippen molar-refractivity contribution in [2.24, 2.45) is 5.92 Å². The second-order valence-electron chi connectivity index (χ2n) is 2.95. The summed E-state index contributed by atoms with van der Waals surface area (Å²) in [7, 11) is 0. The zero-order valence-electron chi connectivity index (χ0n) is 5.61. The Balaban J connectivity index is 2.35. The van der Waals surface area contributed by atoms with Crippen LogP contribution in [0, 0.1) is 5.92 Å². The van der Waals surface area contributed by atoms with Crippen molar-refractivity contribution >= 4 is 45.2 Å². The van der Waals surface area contributed by atoms with Gasteiger partial charge < -0.3 is 0 Å². The fraction of sp³-hybridized carbons (Fsp3) is 1.00. The summed E-state index contributed by atoms with van der Waals surface area (Å²) in [6.45, 7) is 2.37. The maximum Gasteiger partial charge on any atom is 0.0230 e. The van der Waals surface area contributed by atoms with Gasteiger partial charge >= 0.3 is 0 Å². The van der Waals surface area contributed by atoms with Crippen molar-refractivity contribution in [2.75, 3.05) is 0 Å². The molecule has 1 saturated carbocycles. The van der Waals surface area contributed by atoms with E-state index in [-0.39, 0.29) is 0 Å². The van der Waals surface area contributed by atoms with Crippen LogP contribution in [0.2, 0.25) is 0 Å². The molecule has 0 bridgehead atoms. The topological polar surface area (TPSA) is 0 Å². The Labute approximate surface area is 84.4 Å². The van der Waals surface area contributed by atoms with Gasteiger partial charge in [0.05, 0.1) is 0 Å². The molecule has 0 radical (unpaired) electrons. The first-order chi connectivity index (χ1) is 4.20. The van der Waals surface area contributed by atoms with Crippen molar-refractivity contribution in [3.05, 3.63) is 0 Å². The first-order valence-electron chi connectivity index (χ1n) is 3.48. The Morgan fingerprint density at radius 3 is 2.22 bits per heavy atom. The Kier molecular flexibility index (Phi) is 3.55. The molecule has 3 atom stereocenters. The van der Waals surface area contributed by atoms with Gasteiger partial charge in [-0.2, -0.15) is 0 Å². The van der Waals surface area contributed by atoms with E-state index in [2.05, 4.69) is 52.1 Å². The quantitative estimate of drug-likeness (QED) is 0.464. The average molecular weight is 350 g/mol. The minimum absolute atomic E-state index is 0.937. The summed E-state index contributed by atoms with van der Waals surface area (Å²) >= 11 is 5.18. The van der Waals surface area contributed by atoms with Crippen molar-refractivity contribution in [3.63, 3.8) is 0 Å². The molecule has 0 aromatic carbocycles. The molecule has 1 rings (SSSR count). The molecule has 2 heteroatoms. The van der Waals surface area contributed by atoms with Crippen LogP contribution in [0.25, 0.3) is 0 Å². The van der Waals surface area contributed by atoms with Crippen LogP contribution in [0.4, 0.5) is 0 Å². The molecule has 0 aliphatic heterocycles. The standard InChI is InChI=1S/C7H12I2/c1-5-2-3-6(8)7(9)4-5/h5-7H,2-4H2,1H3/t5-,6+,7-/m0/s1. The van der Waals surface area contributed by atoms with Gasteiger partial charge in [0.15, 0.2) is 0 Å². The molecule has 9 heavy (non-hydrogen) atoms. The van der Waals surface area contributed by atoms with E-state index in [1.165, 1.54) is 19.3 Å². The van der Waals surface area contributed by atoms with E-state index in [1.807, 2.05) is 0 Å². The van der Waals surface area contributed by atoms with Gasteiger partial charge in [0.2, 0.25) is 0 Å². The number of hydrogen-bond acceptors (Lipinski definition) is 0. The predicted molar refractivity (Wildman–Crippen MR) is 58.6 cm³/mol. The molecular weight excluding hydrogens is 338 g/mol. The third-order valence-electron chi connectivity index (χ3n) is 1.96. The minimum Gasteiger partial charge on any atom is -0.0815 e. The molecule has 0 nitrogen and oxygen atoms in total. The third-order valence-corrected chi connectivity index (χ3v) is 6.20. The van der Waals surface area contributed by atoms with Gasteiger partial charge in [-0.15, -0.1) is 0 Å². The molecule has 1 aliphatic rings. The van der Waals surface area contributed by atoms with Crippen LogP contribution in [-0.4, -0.2) is 7.85 Å². The monoisotopic (exact) mass is 350 g/mol. The van der Waals surface area contributed by atoms with Gasteiger partial charge in [0.1, 0.15) is 0 Å². The highest BCUT2D eigenvalue weighted by Gasteiger charge is 2.23. The summed E-state index contributed by atoms with van der Waals surface area (Å²) < 4.78 is 1.88. The van der Waals surface area contributed by atoms with E-state index in [0.29, 0.717) is 0 Å². The summed E-state index contributed by atoms with van der Waals surface area (Å²) in [5, 5.41) is 0. The van der Waals surface area contributed by atoms with E-state index < -0.39 is 0 Å². The molecule has 0 N–H and O–H groups in total. The molecule has 0 heterocycles. The number of hydrogen-bond donors (Lipinski definition) is 0. The van der Waals surface area contributed by atoms with Crippen LogP contribution >= 0.6 is 45.2 Å². The highest BCUT2D eigenvalue weighted by Crippen LogP contribution is 2.33. The molecule has 54 valence electrons. The third kappa shape index (κ3) is 2.52. The number of alkyl halides is 2. The lowest BCUT2D eigenvalue weighted by atomic mass is 9.91. The zero-order chi connectivity index (χ0) is 6.85. The smallest absolute Gasteiger partial charge is 0.0230 e. The van der Waals surface area contributed by atoms with Crippen molar-refractivity contribution in [1.29, 1.82) is 0 Å². The van der Waals surface area contributed by atoms with Gasteiger partial charge in [0, 0.05) is 7.85 Å². The molecule has 0 saturated heterocycles. The van der Waals surface area contributed by atoms with Gasteiger partial charge in [-0.05, 0) is 25.2 Å². The van der Waals surface area contributed by atoms with Crippen LogP contribution < -0.4 is 0 Å². The predicted octanol–water partition coefficient (Wildman–Crippen LogP) is 3.41. The highest BCUT2D eigenvalue weighted by molar-refractivity contribution is 14.1. The molecule has 0 unspecified atom stereocenters. The molecule has 0 amide bonds. The average Bonchev–Trinajstić information content (AvgIpc) is 1.80. The second kappa shape index (κ2) is 3.74. The number of rotatable bonds is 0. The van der Waals surface area contributed by atoms with E-state index >= 15 is 0 Å². The largest absolute Gasteiger partial charge is 0.0815 e. The summed E-state index contributed by atoms with van der Waals surface area (Å²) in [6.07, 6.45) is 4.33. The minimum atomic E-state index is 0.937. The maximum atomic E-state index is 2.59. The van der Waals surface area contributed by atoms with Gasteiger partial charge in [-0.3, -0.25) is 0 Å². The second-order valence-corrected chi connectivity index (χ2v) is 6.15. The van der Waals surface area contributed by atoms with Crippen LogP contribution in [0.1, 0.15) is 26.2 Å². The van der Waals surface area contributed by atoms with Crippen LogP contribution in [0.3, 0.4) is 0 Å². The number of halogens is 2. The fourth-order valence-electron chi connectivity index (χ4n) is 1.27.